The van der Waals surface area contributed by atoms with E-state index in [4.69, 9.17) is 0 Å². The summed E-state index contributed by atoms with van der Waals surface area (Å²) in [5.41, 5.74) is 0.0366. The normalized spacial score (nSPS) is 11.1. The van der Waals surface area contributed by atoms with E-state index in [1.165, 1.54) is 30.7 Å². The monoisotopic (exact) mass is 313 g/mol. The maximum absolute atomic E-state index is 12.2. The quantitative estimate of drug-likeness (QED) is 0.665. The molecule has 0 saturated carbocycles. The van der Waals surface area contributed by atoms with E-state index in [1.807, 2.05) is 0 Å². The van der Waals surface area contributed by atoms with Crippen LogP contribution in [0.5, 0.6) is 5.75 Å². The van der Waals surface area contributed by atoms with Crippen LogP contribution in [0.25, 0.3) is 0 Å². The van der Waals surface area contributed by atoms with Crippen molar-refractivity contribution in [3.63, 3.8) is 0 Å². The molecule has 8 heteroatoms. The number of hydrogen-bond donors (Lipinski definition) is 2. The molecule has 0 aliphatic rings. The number of methoxy groups -OCH3 is 1. The molecular formula is C12H11NO5S2. The fourth-order valence-electron chi connectivity index (χ4n) is 1.51. The SMILES string of the molecule is COC(=O)c1sccc1S(=O)(=O)Nc1ccccc1O. The van der Waals surface area contributed by atoms with Crippen LogP contribution < -0.4 is 4.72 Å². The van der Waals surface area contributed by atoms with E-state index in [0.717, 1.165) is 11.3 Å². The van der Waals surface area contributed by atoms with Gasteiger partial charge >= 0.3 is 5.97 Å². The minimum Gasteiger partial charge on any atom is -0.506 e. The number of para-hydroxylation sites is 2. The standard InChI is InChI=1S/C12H11NO5S2/c1-18-12(15)11-10(6-7-19-11)20(16,17)13-8-4-2-3-5-9(8)14/h2-7,13-14H,1H3. The second-order valence-corrected chi connectivity index (χ2v) is 6.30. The Kier molecular flexibility index (Phi) is 3.96. The molecule has 0 atom stereocenters. The highest BCUT2D eigenvalue weighted by Gasteiger charge is 2.25. The highest BCUT2D eigenvalue weighted by Crippen LogP contribution is 2.28. The van der Waals surface area contributed by atoms with Gasteiger partial charge in [0.1, 0.15) is 15.5 Å². The predicted octanol–water partition coefficient (Wildman–Crippen LogP) is 2.04. The minimum atomic E-state index is -3.98. The van der Waals surface area contributed by atoms with Gasteiger partial charge in [-0.3, -0.25) is 4.72 Å². The van der Waals surface area contributed by atoms with E-state index in [9.17, 15) is 18.3 Å². The molecule has 6 nitrogen and oxygen atoms in total. The summed E-state index contributed by atoms with van der Waals surface area (Å²) >= 11 is 0.968. The number of carbonyl (C=O) groups is 1. The third-order valence-electron chi connectivity index (χ3n) is 2.44. The Morgan fingerprint density at radius 2 is 2.00 bits per heavy atom. The Morgan fingerprint density at radius 1 is 1.30 bits per heavy atom. The first kappa shape index (κ1) is 14.4. The molecule has 2 aromatic rings. The molecule has 0 amide bonds. The lowest BCUT2D eigenvalue weighted by molar-refractivity contribution is 0.0602. The van der Waals surface area contributed by atoms with Crippen LogP contribution in [0, 0.1) is 0 Å². The average Bonchev–Trinajstić information content (AvgIpc) is 2.90. The van der Waals surface area contributed by atoms with Crippen LogP contribution in [0.3, 0.4) is 0 Å². The summed E-state index contributed by atoms with van der Waals surface area (Å²) < 4.78 is 31.2. The van der Waals surface area contributed by atoms with Gasteiger partial charge in [-0.2, -0.15) is 0 Å². The molecule has 1 heterocycles. The van der Waals surface area contributed by atoms with Gasteiger partial charge < -0.3 is 9.84 Å². The number of benzene rings is 1. The van der Waals surface area contributed by atoms with Crippen LogP contribution in [-0.4, -0.2) is 26.6 Å². The number of hydrogen-bond acceptors (Lipinski definition) is 6. The summed E-state index contributed by atoms with van der Waals surface area (Å²) in [7, 11) is -2.80. The van der Waals surface area contributed by atoms with Gasteiger partial charge in [-0.25, -0.2) is 13.2 Å². The Labute approximate surface area is 119 Å². The van der Waals surface area contributed by atoms with Crippen molar-refractivity contribution in [1.82, 2.24) is 0 Å². The zero-order valence-corrected chi connectivity index (χ0v) is 12.0. The van der Waals surface area contributed by atoms with Crippen LogP contribution in [0.4, 0.5) is 5.69 Å². The van der Waals surface area contributed by atoms with Gasteiger partial charge in [-0.1, -0.05) is 12.1 Å². The number of phenols is 1. The zero-order chi connectivity index (χ0) is 14.8. The van der Waals surface area contributed by atoms with Gasteiger partial charge in [0.25, 0.3) is 10.0 Å². The third kappa shape index (κ3) is 2.75. The molecule has 0 bridgehead atoms. The van der Waals surface area contributed by atoms with E-state index < -0.39 is 16.0 Å². The smallest absolute Gasteiger partial charge is 0.349 e. The molecule has 0 unspecified atom stereocenters. The lowest BCUT2D eigenvalue weighted by Gasteiger charge is -2.09. The molecule has 20 heavy (non-hydrogen) atoms. The van der Waals surface area contributed by atoms with Gasteiger partial charge in [-0.15, -0.1) is 11.3 Å². The highest BCUT2D eigenvalue weighted by atomic mass is 32.2. The van der Waals surface area contributed by atoms with E-state index in [-0.39, 0.29) is 21.2 Å². The Balaban J connectivity index is 2.40. The van der Waals surface area contributed by atoms with Crippen LogP contribution in [0.1, 0.15) is 9.67 Å². The maximum atomic E-state index is 12.2. The van der Waals surface area contributed by atoms with Crippen molar-refractivity contribution in [1.29, 1.82) is 0 Å². The summed E-state index contributed by atoms with van der Waals surface area (Å²) in [5, 5.41) is 11.1. The van der Waals surface area contributed by atoms with Crippen molar-refractivity contribution in [2.24, 2.45) is 0 Å². The molecule has 1 aromatic carbocycles. The topological polar surface area (TPSA) is 92.7 Å². The number of sulfonamides is 1. The molecule has 0 aliphatic carbocycles. The molecule has 106 valence electrons. The lowest BCUT2D eigenvalue weighted by Crippen LogP contribution is -2.15. The molecule has 0 aliphatic heterocycles. The van der Waals surface area contributed by atoms with Crippen molar-refractivity contribution in [2.45, 2.75) is 4.90 Å². The number of anilines is 1. The Morgan fingerprint density at radius 3 is 2.65 bits per heavy atom. The van der Waals surface area contributed by atoms with Crippen LogP contribution in [-0.2, 0) is 14.8 Å². The summed E-state index contributed by atoms with van der Waals surface area (Å²) in [6.45, 7) is 0. The number of phenolic OH excluding ortho intramolecular Hbond substituents is 1. The largest absolute Gasteiger partial charge is 0.506 e. The molecule has 2 rings (SSSR count). The first-order valence-corrected chi connectivity index (χ1v) is 7.78. The number of aromatic hydroxyl groups is 1. The molecule has 0 saturated heterocycles. The Bertz CT molecular complexity index is 736. The van der Waals surface area contributed by atoms with Gasteiger partial charge in [0.2, 0.25) is 0 Å². The van der Waals surface area contributed by atoms with Crippen LogP contribution >= 0.6 is 11.3 Å². The third-order valence-corrected chi connectivity index (χ3v) is 4.87. The fraction of sp³-hybridized carbons (Fsp3) is 0.0833. The van der Waals surface area contributed by atoms with Gasteiger partial charge in [0.15, 0.2) is 0 Å². The number of rotatable bonds is 4. The molecule has 0 fully saturated rings. The number of nitrogens with one attached hydrogen (secondary N) is 1. The van der Waals surface area contributed by atoms with Gasteiger partial charge in [0, 0.05) is 0 Å². The summed E-state index contributed by atoms with van der Waals surface area (Å²) in [6.07, 6.45) is 0. The molecule has 0 spiro atoms. The maximum Gasteiger partial charge on any atom is 0.349 e. The Hall–Kier alpha value is -2.06. The second kappa shape index (κ2) is 5.51. The molecular weight excluding hydrogens is 302 g/mol. The number of ether oxygens (including phenoxy) is 1. The van der Waals surface area contributed by atoms with Crippen molar-refractivity contribution < 1.29 is 23.1 Å². The summed E-state index contributed by atoms with van der Waals surface area (Å²) in [5.74, 6) is -0.927. The van der Waals surface area contributed by atoms with E-state index in [1.54, 1.807) is 12.1 Å². The van der Waals surface area contributed by atoms with Crippen LogP contribution in [0.15, 0.2) is 40.6 Å². The molecule has 0 radical (unpaired) electrons. The fourth-order valence-corrected chi connectivity index (χ4v) is 3.92. The summed E-state index contributed by atoms with van der Waals surface area (Å²) in [6, 6.07) is 7.22. The van der Waals surface area contributed by atoms with Crippen molar-refractivity contribution >= 4 is 33.0 Å². The lowest BCUT2D eigenvalue weighted by atomic mass is 10.3. The number of carbonyl (C=O) groups excluding carboxylic acids is 1. The van der Waals surface area contributed by atoms with Gasteiger partial charge in [-0.05, 0) is 23.6 Å². The van der Waals surface area contributed by atoms with E-state index in [0.29, 0.717) is 0 Å². The summed E-state index contributed by atoms with van der Waals surface area (Å²) in [4.78, 5) is 11.3. The van der Waals surface area contributed by atoms with Crippen molar-refractivity contribution in [3.8, 4) is 5.75 Å². The average molecular weight is 313 g/mol. The highest BCUT2D eigenvalue weighted by molar-refractivity contribution is 7.93. The van der Waals surface area contributed by atoms with E-state index >= 15 is 0 Å². The predicted molar refractivity (Wildman–Crippen MR) is 74.6 cm³/mol. The van der Waals surface area contributed by atoms with Crippen molar-refractivity contribution in [2.75, 3.05) is 11.8 Å². The molecule has 2 N–H and O–H groups in total. The first-order chi connectivity index (χ1) is 9.45. The molecule has 1 aromatic heterocycles. The first-order valence-electron chi connectivity index (χ1n) is 5.42. The van der Waals surface area contributed by atoms with Crippen molar-refractivity contribution in [3.05, 3.63) is 40.6 Å². The van der Waals surface area contributed by atoms with Crippen LogP contribution in [0.2, 0.25) is 0 Å². The van der Waals surface area contributed by atoms with Gasteiger partial charge in [0.05, 0.1) is 12.8 Å². The number of esters is 1. The van der Waals surface area contributed by atoms with E-state index in [2.05, 4.69) is 9.46 Å². The second-order valence-electron chi connectivity index (χ2n) is 3.73. The number of thiophene rings is 1. The minimum absolute atomic E-state index is 0.0181. The zero-order valence-electron chi connectivity index (χ0n) is 10.4.